The van der Waals surface area contributed by atoms with Crippen LogP contribution in [0, 0.1) is 5.92 Å². The van der Waals surface area contributed by atoms with E-state index >= 15 is 0 Å². The number of aromatic nitrogens is 1. The van der Waals surface area contributed by atoms with E-state index in [1.54, 1.807) is 0 Å². The van der Waals surface area contributed by atoms with Gasteiger partial charge in [0.2, 0.25) is 0 Å². The Bertz CT molecular complexity index is 728. The van der Waals surface area contributed by atoms with E-state index in [-0.39, 0.29) is 21.5 Å². The number of phenols is 1. The molecule has 1 aromatic heterocycles. The molecule has 0 atom stereocenters. The van der Waals surface area contributed by atoms with Crippen LogP contribution in [0.2, 0.25) is 10.0 Å². The van der Waals surface area contributed by atoms with Crippen LogP contribution in [-0.2, 0) is 0 Å². The maximum atomic E-state index is 12.3. The summed E-state index contributed by atoms with van der Waals surface area (Å²) >= 11 is 12.0. The molecular formula is C16H14Cl2N2O3. The van der Waals surface area contributed by atoms with Gasteiger partial charge in [-0.1, -0.05) is 23.2 Å². The van der Waals surface area contributed by atoms with Gasteiger partial charge in [0.25, 0.3) is 5.91 Å². The SMILES string of the molecule is O=C(Nc1c(Cl)cncc1Cl)c1ccc(O)c(OCC2CC2)c1. The van der Waals surface area contributed by atoms with E-state index in [1.807, 2.05) is 0 Å². The third kappa shape index (κ3) is 3.86. The highest BCUT2D eigenvalue weighted by atomic mass is 35.5. The second-order valence-corrected chi connectivity index (χ2v) is 6.18. The molecule has 1 amide bonds. The average molecular weight is 353 g/mol. The van der Waals surface area contributed by atoms with Crippen molar-refractivity contribution in [2.24, 2.45) is 5.92 Å². The molecule has 3 rings (SSSR count). The summed E-state index contributed by atoms with van der Waals surface area (Å²) in [5, 5.41) is 12.9. The Labute approximate surface area is 143 Å². The van der Waals surface area contributed by atoms with Gasteiger partial charge in [0, 0.05) is 18.0 Å². The number of ether oxygens (including phenoxy) is 1. The number of halogens is 2. The van der Waals surface area contributed by atoms with Crippen molar-refractivity contribution in [2.75, 3.05) is 11.9 Å². The molecule has 1 aliphatic carbocycles. The van der Waals surface area contributed by atoms with E-state index in [0.29, 0.717) is 23.8 Å². The van der Waals surface area contributed by atoms with E-state index < -0.39 is 5.91 Å². The number of phenolic OH excluding ortho intramolecular Hbond substituents is 1. The summed E-state index contributed by atoms with van der Waals surface area (Å²) in [5.41, 5.74) is 0.624. The molecule has 1 saturated carbocycles. The number of carbonyl (C=O) groups is 1. The van der Waals surface area contributed by atoms with Crippen LogP contribution >= 0.6 is 23.2 Å². The number of nitrogens with one attached hydrogen (secondary N) is 1. The van der Waals surface area contributed by atoms with E-state index in [2.05, 4.69) is 10.3 Å². The number of carbonyl (C=O) groups excluding carboxylic acids is 1. The molecule has 1 aromatic carbocycles. The van der Waals surface area contributed by atoms with Gasteiger partial charge in [0.05, 0.1) is 22.3 Å². The predicted molar refractivity (Wildman–Crippen MR) is 88.5 cm³/mol. The number of rotatable bonds is 5. The summed E-state index contributed by atoms with van der Waals surface area (Å²) in [6.07, 6.45) is 5.06. The zero-order chi connectivity index (χ0) is 16.4. The standard InChI is InChI=1S/C16H14Cl2N2O3/c17-11-6-19-7-12(18)15(11)20-16(22)10-3-4-13(21)14(5-10)23-8-9-1-2-9/h3-7,9,21H,1-2,8H2,(H,19,20,22). The lowest BCUT2D eigenvalue weighted by molar-refractivity contribution is 0.102. The monoisotopic (exact) mass is 352 g/mol. The van der Waals surface area contributed by atoms with Crippen molar-refractivity contribution in [3.05, 3.63) is 46.2 Å². The lowest BCUT2D eigenvalue weighted by Gasteiger charge is -2.11. The Balaban J connectivity index is 1.77. The minimum Gasteiger partial charge on any atom is -0.504 e. The molecular weight excluding hydrogens is 339 g/mol. The molecule has 0 aliphatic heterocycles. The molecule has 0 saturated heterocycles. The number of benzene rings is 1. The van der Waals surface area contributed by atoms with Crippen LogP contribution in [-0.4, -0.2) is 22.6 Å². The zero-order valence-electron chi connectivity index (χ0n) is 12.1. The molecule has 120 valence electrons. The van der Waals surface area contributed by atoms with Crippen LogP contribution in [0.1, 0.15) is 23.2 Å². The first-order valence-electron chi connectivity index (χ1n) is 7.11. The van der Waals surface area contributed by atoms with Gasteiger partial charge < -0.3 is 15.2 Å². The minimum atomic E-state index is -0.406. The average Bonchev–Trinajstić information content (AvgIpc) is 3.34. The Morgan fingerprint density at radius 2 is 2.00 bits per heavy atom. The number of amides is 1. The summed E-state index contributed by atoms with van der Waals surface area (Å²) in [7, 11) is 0. The van der Waals surface area contributed by atoms with Gasteiger partial charge in [-0.05, 0) is 37.0 Å². The number of nitrogens with zero attached hydrogens (tertiary/aromatic N) is 1. The predicted octanol–water partition coefficient (Wildman–Crippen LogP) is 4.14. The van der Waals surface area contributed by atoms with E-state index in [1.165, 1.54) is 30.6 Å². The third-order valence-corrected chi connectivity index (χ3v) is 4.06. The van der Waals surface area contributed by atoms with Gasteiger partial charge >= 0.3 is 0 Å². The highest BCUT2D eigenvalue weighted by Gasteiger charge is 2.23. The third-order valence-electron chi connectivity index (χ3n) is 3.49. The Kier molecular flexibility index (Phi) is 4.59. The number of anilines is 1. The first kappa shape index (κ1) is 15.9. The van der Waals surface area contributed by atoms with Crippen molar-refractivity contribution in [1.82, 2.24) is 4.98 Å². The number of hydrogen-bond donors (Lipinski definition) is 2. The zero-order valence-corrected chi connectivity index (χ0v) is 13.6. The van der Waals surface area contributed by atoms with Crippen LogP contribution in [0.3, 0.4) is 0 Å². The molecule has 7 heteroatoms. The Morgan fingerprint density at radius 3 is 2.65 bits per heavy atom. The van der Waals surface area contributed by atoms with Gasteiger partial charge in [-0.25, -0.2) is 0 Å². The number of pyridine rings is 1. The van der Waals surface area contributed by atoms with Crippen molar-refractivity contribution < 1.29 is 14.6 Å². The largest absolute Gasteiger partial charge is 0.504 e. The summed E-state index contributed by atoms with van der Waals surface area (Å²) in [6.45, 7) is 0.542. The van der Waals surface area contributed by atoms with Crippen LogP contribution in [0.4, 0.5) is 5.69 Å². The minimum absolute atomic E-state index is 0.00201. The van der Waals surface area contributed by atoms with Gasteiger partial charge in [0.1, 0.15) is 0 Å². The maximum Gasteiger partial charge on any atom is 0.255 e. The van der Waals surface area contributed by atoms with E-state index in [0.717, 1.165) is 12.8 Å². The van der Waals surface area contributed by atoms with Gasteiger partial charge in [-0.2, -0.15) is 0 Å². The quantitative estimate of drug-likeness (QED) is 0.848. The van der Waals surface area contributed by atoms with Crippen molar-refractivity contribution in [2.45, 2.75) is 12.8 Å². The summed E-state index contributed by atoms with van der Waals surface area (Å²) < 4.78 is 5.56. The maximum absolute atomic E-state index is 12.3. The van der Waals surface area contributed by atoms with Crippen LogP contribution in [0.15, 0.2) is 30.6 Å². The van der Waals surface area contributed by atoms with Crippen molar-refractivity contribution in [1.29, 1.82) is 0 Å². The highest BCUT2D eigenvalue weighted by molar-refractivity contribution is 6.39. The lowest BCUT2D eigenvalue weighted by Crippen LogP contribution is -2.13. The normalized spacial score (nSPS) is 13.7. The molecule has 0 radical (unpaired) electrons. The molecule has 2 aromatic rings. The molecule has 0 bridgehead atoms. The molecule has 1 heterocycles. The van der Waals surface area contributed by atoms with Crippen LogP contribution < -0.4 is 10.1 Å². The first-order chi connectivity index (χ1) is 11.0. The summed E-state index contributed by atoms with van der Waals surface area (Å²) in [5.74, 6) is 0.427. The fourth-order valence-corrected chi connectivity index (χ4v) is 2.44. The molecule has 1 aliphatic rings. The second kappa shape index (κ2) is 6.64. The second-order valence-electron chi connectivity index (χ2n) is 5.37. The number of aromatic hydroxyl groups is 1. The first-order valence-corrected chi connectivity index (χ1v) is 7.86. The molecule has 0 unspecified atom stereocenters. The van der Waals surface area contributed by atoms with Crippen LogP contribution in [0.25, 0.3) is 0 Å². The lowest BCUT2D eigenvalue weighted by atomic mass is 10.2. The Morgan fingerprint density at radius 1 is 1.30 bits per heavy atom. The smallest absolute Gasteiger partial charge is 0.255 e. The fourth-order valence-electron chi connectivity index (χ4n) is 1.98. The number of hydrogen-bond acceptors (Lipinski definition) is 4. The topological polar surface area (TPSA) is 71.5 Å². The van der Waals surface area contributed by atoms with Gasteiger partial charge in [0.15, 0.2) is 11.5 Å². The van der Waals surface area contributed by atoms with Crippen molar-refractivity contribution in [3.63, 3.8) is 0 Å². The summed E-state index contributed by atoms with van der Waals surface area (Å²) in [4.78, 5) is 16.2. The van der Waals surface area contributed by atoms with Crippen molar-refractivity contribution in [3.8, 4) is 11.5 Å². The molecule has 2 N–H and O–H groups in total. The Hall–Kier alpha value is -1.98. The van der Waals surface area contributed by atoms with E-state index in [9.17, 15) is 9.90 Å². The molecule has 0 spiro atoms. The summed E-state index contributed by atoms with van der Waals surface area (Å²) in [6, 6.07) is 4.42. The van der Waals surface area contributed by atoms with Gasteiger partial charge in [-0.3, -0.25) is 9.78 Å². The molecule has 5 nitrogen and oxygen atoms in total. The molecule has 23 heavy (non-hydrogen) atoms. The van der Waals surface area contributed by atoms with Crippen LogP contribution in [0.5, 0.6) is 11.5 Å². The highest BCUT2D eigenvalue weighted by Crippen LogP contribution is 2.33. The molecule has 1 fully saturated rings. The van der Waals surface area contributed by atoms with Crippen molar-refractivity contribution >= 4 is 34.8 Å². The fraction of sp³-hybridized carbons (Fsp3) is 0.250. The van der Waals surface area contributed by atoms with E-state index in [4.69, 9.17) is 27.9 Å². The van der Waals surface area contributed by atoms with Gasteiger partial charge in [-0.15, -0.1) is 0 Å².